The molecule has 1 fully saturated rings. The van der Waals surface area contributed by atoms with E-state index in [0.717, 1.165) is 23.3 Å². The van der Waals surface area contributed by atoms with Gasteiger partial charge in [0.1, 0.15) is 0 Å². The Labute approximate surface area is 201 Å². The molecule has 2 aliphatic heterocycles. The molecule has 0 spiro atoms. The van der Waals surface area contributed by atoms with Crippen molar-refractivity contribution < 1.29 is 18.8 Å². The Hall–Kier alpha value is -4.07. The molecular weight excluding hydrogens is 447 g/mol. The summed E-state index contributed by atoms with van der Waals surface area (Å²) in [6.07, 6.45) is 3.10. The molecule has 3 heterocycles. The van der Waals surface area contributed by atoms with E-state index in [-0.39, 0.29) is 30.6 Å². The number of rotatable bonds is 6. The summed E-state index contributed by atoms with van der Waals surface area (Å²) in [6.45, 7) is 0.449. The molecule has 1 aliphatic carbocycles. The lowest BCUT2D eigenvalue weighted by molar-refractivity contribution is 0.0664. The van der Waals surface area contributed by atoms with Gasteiger partial charge < -0.3 is 4.90 Å². The second-order valence-corrected chi connectivity index (χ2v) is 9.18. The zero-order valence-corrected chi connectivity index (χ0v) is 19.0. The van der Waals surface area contributed by atoms with E-state index in [0.29, 0.717) is 47.4 Å². The molecule has 176 valence electrons. The molecule has 0 N–H and O–H groups in total. The smallest absolute Gasteiger partial charge is 0.261 e. The Morgan fingerprint density at radius 2 is 1.57 bits per heavy atom. The van der Waals surface area contributed by atoms with Crippen LogP contribution in [0.3, 0.4) is 0 Å². The van der Waals surface area contributed by atoms with Crippen molar-refractivity contribution in [1.82, 2.24) is 19.6 Å². The molecular formula is C27H23FN4O3. The average Bonchev–Trinajstić information content (AvgIpc) is 3.62. The van der Waals surface area contributed by atoms with Gasteiger partial charge in [-0.05, 0) is 30.5 Å². The molecule has 1 aromatic heterocycles. The van der Waals surface area contributed by atoms with E-state index in [9.17, 15) is 18.8 Å². The van der Waals surface area contributed by atoms with Crippen LogP contribution in [0, 0.1) is 0 Å². The molecule has 0 radical (unpaired) electrons. The fourth-order valence-corrected chi connectivity index (χ4v) is 5.02. The minimum atomic E-state index is -0.441. The van der Waals surface area contributed by atoms with Gasteiger partial charge in [-0.2, -0.15) is 5.10 Å². The van der Waals surface area contributed by atoms with Crippen LogP contribution in [0.1, 0.15) is 49.6 Å². The van der Waals surface area contributed by atoms with Crippen molar-refractivity contribution in [2.45, 2.75) is 31.8 Å². The minimum Gasteiger partial charge on any atom is -0.335 e. The van der Waals surface area contributed by atoms with Crippen molar-refractivity contribution in [3.63, 3.8) is 0 Å². The SMILES string of the molecule is O=C1c2ccccc2C(=O)N1CC(=CF)Cn1nc2c(c1-c1ccccc1)C(=O)N(C1CC1)CC2. The van der Waals surface area contributed by atoms with Crippen LogP contribution in [0.15, 0.2) is 66.5 Å². The zero-order chi connectivity index (χ0) is 24.1. The summed E-state index contributed by atoms with van der Waals surface area (Å²) in [4.78, 5) is 42.0. The molecule has 0 saturated heterocycles. The van der Waals surface area contributed by atoms with Crippen LogP contribution in [0.2, 0.25) is 0 Å². The number of carbonyl (C=O) groups is 3. The van der Waals surface area contributed by atoms with Crippen molar-refractivity contribution in [3.8, 4) is 11.3 Å². The van der Waals surface area contributed by atoms with Crippen LogP contribution in [0.4, 0.5) is 4.39 Å². The van der Waals surface area contributed by atoms with Gasteiger partial charge in [-0.25, -0.2) is 4.39 Å². The number of aromatic nitrogens is 2. The molecule has 2 aromatic carbocycles. The number of amides is 3. The van der Waals surface area contributed by atoms with Gasteiger partial charge >= 0.3 is 0 Å². The number of hydrogen-bond acceptors (Lipinski definition) is 4. The summed E-state index contributed by atoms with van der Waals surface area (Å²) in [7, 11) is 0. The topological polar surface area (TPSA) is 75.5 Å². The Balaban J connectivity index is 1.34. The summed E-state index contributed by atoms with van der Waals surface area (Å²) in [5.74, 6) is -0.920. The van der Waals surface area contributed by atoms with Crippen LogP contribution < -0.4 is 0 Å². The van der Waals surface area contributed by atoms with E-state index in [4.69, 9.17) is 5.10 Å². The molecule has 0 unspecified atom stereocenters. The Morgan fingerprint density at radius 3 is 2.20 bits per heavy atom. The molecule has 3 aliphatic rings. The first kappa shape index (κ1) is 21.5. The molecule has 8 heteroatoms. The lowest BCUT2D eigenvalue weighted by Crippen LogP contribution is -2.39. The maximum absolute atomic E-state index is 14.1. The maximum Gasteiger partial charge on any atom is 0.261 e. The van der Waals surface area contributed by atoms with Crippen LogP contribution in [0.5, 0.6) is 0 Å². The summed E-state index contributed by atoms with van der Waals surface area (Å²) < 4.78 is 15.8. The summed E-state index contributed by atoms with van der Waals surface area (Å²) in [5, 5.41) is 4.70. The number of nitrogens with zero attached hydrogens (tertiary/aromatic N) is 4. The molecule has 0 atom stereocenters. The van der Waals surface area contributed by atoms with Crippen molar-refractivity contribution in [2.75, 3.05) is 13.1 Å². The largest absolute Gasteiger partial charge is 0.335 e. The lowest BCUT2D eigenvalue weighted by atomic mass is 9.99. The van der Waals surface area contributed by atoms with E-state index in [2.05, 4.69) is 0 Å². The van der Waals surface area contributed by atoms with E-state index in [1.807, 2.05) is 35.2 Å². The lowest BCUT2D eigenvalue weighted by Gasteiger charge is -2.26. The van der Waals surface area contributed by atoms with Gasteiger partial charge in [-0.3, -0.25) is 24.0 Å². The monoisotopic (exact) mass is 470 g/mol. The fraction of sp³-hybridized carbons (Fsp3) is 0.259. The molecule has 7 nitrogen and oxygen atoms in total. The van der Waals surface area contributed by atoms with Gasteiger partial charge in [0.05, 0.1) is 47.5 Å². The van der Waals surface area contributed by atoms with Crippen LogP contribution in [0.25, 0.3) is 11.3 Å². The minimum absolute atomic E-state index is 0.0117. The summed E-state index contributed by atoms with van der Waals surface area (Å²) >= 11 is 0. The van der Waals surface area contributed by atoms with Crippen LogP contribution >= 0.6 is 0 Å². The quantitative estimate of drug-likeness (QED) is 0.513. The molecule has 3 aromatic rings. The second-order valence-electron chi connectivity index (χ2n) is 9.18. The standard InChI is InChI=1S/C27H23FN4O3/c28-14-17(15-31-25(33)20-8-4-5-9-21(20)26(31)34)16-32-24(18-6-2-1-3-7-18)23-22(29-32)12-13-30(27(23)35)19-10-11-19/h1-9,14,19H,10-13,15-16H2. The number of hydrogen-bond donors (Lipinski definition) is 0. The highest BCUT2D eigenvalue weighted by Gasteiger charge is 2.40. The summed E-state index contributed by atoms with van der Waals surface area (Å²) in [5.41, 5.74) is 3.56. The first-order chi connectivity index (χ1) is 17.1. The fourth-order valence-electron chi connectivity index (χ4n) is 5.02. The number of halogens is 1. The van der Waals surface area contributed by atoms with Crippen LogP contribution in [-0.2, 0) is 13.0 Å². The highest BCUT2D eigenvalue weighted by molar-refractivity contribution is 6.21. The molecule has 6 rings (SSSR count). The Bertz CT molecular complexity index is 1360. The number of benzene rings is 2. The maximum atomic E-state index is 14.1. The van der Waals surface area contributed by atoms with Crippen molar-refractivity contribution >= 4 is 17.7 Å². The number of fused-ring (bicyclic) bond motifs is 2. The third kappa shape index (κ3) is 3.56. The van der Waals surface area contributed by atoms with E-state index in [1.54, 1.807) is 28.9 Å². The van der Waals surface area contributed by atoms with E-state index < -0.39 is 11.8 Å². The Kier molecular flexibility index (Phi) is 5.09. The Morgan fingerprint density at radius 1 is 0.914 bits per heavy atom. The number of imide groups is 1. The predicted octanol–water partition coefficient (Wildman–Crippen LogP) is 3.86. The first-order valence-electron chi connectivity index (χ1n) is 11.8. The predicted molar refractivity (Wildman–Crippen MR) is 126 cm³/mol. The van der Waals surface area contributed by atoms with Crippen molar-refractivity contribution in [3.05, 3.63) is 88.9 Å². The molecule has 1 saturated carbocycles. The van der Waals surface area contributed by atoms with Gasteiger partial charge in [-0.15, -0.1) is 0 Å². The van der Waals surface area contributed by atoms with Crippen LogP contribution in [-0.4, -0.2) is 56.4 Å². The third-order valence-corrected chi connectivity index (χ3v) is 6.87. The molecule has 35 heavy (non-hydrogen) atoms. The summed E-state index contributed by atoms with van der Waals surface area (Å²) in [6, 6.07) is 16.3. The first-order valence-corrected chi connectivity index (χ1v) is 11.8. The van der Waals surface area contributed by atoms with Gasteiger partial charge in [0.2, 0.25) is 0 Å². The second kappa shape index (κ2) is 8.30. The number of carbonyl (C=O) groups excluding carboxylic acids is 3. The average molecular weight is 471 g/mol. The normalized spacial score (nSPS) is 17.7. The highest BCUT2D eigenvalue weighted by Crippen LogP contribution is 2.36. The van der Waals surface area contributed by atoms with Crippen molar-refractivity contribution in [1.29, 1.82) is 0 Å². The van der Waals surface area contributed by atoms with Crippen molar-refractivity contribution in [2.24, 2.45) is 0 Å². The zero-order valence-electron chi connectivity index (χ0n) is 19.0. The van der Waals surface area contributed by atoms with Gasteiger partial charge in [-0.1, -0.05) is 42.5 Å². The van der Waals surface area contributed by atoms with E-state index in [1.165, 1.54) is 0 Å². The van der Waals surface area contributed by atoms with E-state index >= 15 is 0 Å². The molecule has 3 amide bonds. The highest BCUT2D eigenvalue weighted by atomic mass is 19.1. The van der Waals surface area contributed by atoms with Gasteiger partial charge in [0.15, 0.2) is 0 Å². The third-order valence-electron chi connectivity index (χ3n) is 6.87. The van der Waals surface area contributed by atoms with Gasteiger partial charge in [0, 0.05) is 24.6 Å². The molecule has 0 bridgehead atoms. The van der Waals surface area contributed by atoms with Gasteiger partial charge in [0.25, 0.3) is 17.7 Å².